The van der Waals surface area contributed by atoms with Gasteiger partial charge in [-0.2, -0.15) is 13.2 Å². The fourth-order valence-electron chi connectivity index (χ4n) is 1.24. The molecule has 2 aromatic rings. The number of halogens is 3. The molecule has 0 saturated carbocycles. The van der Waals surface area contributed by atoms with Crippen molar-refractivity contribution in [3.8, 4) is 10.6 Å². The quantitative estimate of drug-likeness (QED) is 0.810. The molecule has 2 heterocycles. The lowest BCUT2D eigenvalue weighted by molar-refractivity contribution is -0.137. The highest BCUT2D eigenvalue weighted by Gasteiger charge is 2.34. The minimum absolute atomic E-state index is 0.362. The zero-order chi connectivity index (χ0) is 12.6. The van der Waals surface area contributed by atoms with Gasteiger partial charge in [-0.15, -0.1) is 11.3 Å². The third kappa shape index (κ3) is 2.37. The number of aromatic nitrogens is 3. The van der Waals surface area contributed by atoms with E-state index in [0.29, 0.717) is 32.1 Å². The summed E-state index contributed by atoms with van der Waals surface area (Å²) in [6, 6.07) is 0. The van der Waals surface area contributed by atoms with E-state index in [1.54, 1.807) is 6.92 Å². The number of H-pyrrole nitrogens is 1. The molecule has 90 valence electrons. The van der Waals surface area contributed by atoms with Crippen molar-refractivity contribution in [3.05, 3.63) is 27.7 Å². The molecule has 0 aromatic carbocycles. The molecule has 0 aliphatic heterocycles. The molecule has 2 aromatic heterocycles. The Morgan fingerprint density at radius 1 is 1.35 bits per heavy atom. The van der Waals surface area contributed by atoms with Crippen LogP contribution in [0.2, 0.25) is 0 Å². The van der Waals surface area contributed by atoms with Crippen LogP contribution in [-0.2, 0) is 6.18 Å². The molecule has 0 amide bonds. The van der Waals surface area contributed by atoms with Crippen LogP contribution in [0.1, 0.15) is 10.6 Å². The number of rotatable bonds is 1. The van der Waals surface area contributed by atoms with Crippen molar-refractivity contribution in [2.45, 2.75) is 13.1 Å². The predicted octanol–water partition coefficient (Wildman–Crippen LogP) is 3.59. The zero-order valence-corrected chi connectivity index (χ0v) is 10.1. The molecule has 0 atom stereocenters. The van der Waals surface area contributed by atoms with Gasteiger partial charge >= 0.3 is 6.18 Å². The summed E-state index contributed by atoms with van der Waals surface area (Å²) in [6.07, 6.45) is -1.88. The van der Waals surface area contributed by atoms with Gasteiger partial charge in [0.15, 0.2) is 5.01 Å². The first-order valence-electron chi connectivity index (χ1n) is 4.47. The van der Waals surface area contributed by atoms with E-state index in [0.717, 1.165) is 0 Å². The molecular weight excluding hydrogens is 271 g/mol. The van der Waals surface area contributed by atoms with Crippen molar-refractivity contribution in [1.29, 1.82) is 0 Å². The number of alkyl halides is 3. The van der Waals surface area contributed by atoms with Crippen LogP contribution in [0.25, 0.3) is 10.6 Å². The van der Waals surface area contributed by atoms with Crippen LogP contribution in [0.3, 0.4) is 0 Å². The molecule has 17 heavy (non-hydrogen) atoms. The van der Waals surface area contributed by atoms with Crippen molar-refractivity contribution >= 4 is 23.6 Å². The molecule has 0 unspecified atom stereocenters. The third-order valence-electron chi connectivity index (χ3n) is 2.08. The molecule has 2 rings (SSSR count). The van der Waals surface area contributed by atoms with Crippen LogP contribution in [0, 0.1) is 11.6 Å². The second-order valence-corrected chi connectivity index (χ2v) is 4.65. The molecule has 8 heteroatoms. The first-order valence-corrected chi connectivity index (χ1v) is 5.70. The Hall–Kier alpha value is -1.28. The van der Waals surface area contributed by atoms with Crippen LogP contribution >= 0.6 is 23.6 Å². The number of nitrogens with zero attached hydrogens (tertiary/aromatic N) is 2. The number of hydrogen-bond acceptors (Lipinski definition) is 4. The van der Waals surface area contributed by atoms with Gasteiger partial charge in [0.05, 0.1) is 16.9 Å². The summed E-state index contributed by atoms with van der Waals surface area (Å²) in [5.74, 6) is 0. The van der Waals surface area contributed by atoms with Gasteiger partial charge in [0.2, 0.25) is 0 Å². The Morgan fingerprint density at radius 3 is 2.65 bits per heavy atom. The molecule has 3 nitrogen and oxygen atoms in total. The number of thiazole rings is 1. The van der Waals surface area contributed by atoms with Crippen LogP contribution in [0.15, 0.2) is 12.5 Å². The SMILES string of the molecule is Cc1c(-c2cnc(C(F)(F)F)s2)[nH]cnc1=S. The van der Waals surface area contributed by atoms with Gasteiger partial charge in [-0.1, -0.05) is 12.2 Å². The standard InChI is InChI=1S/C9H6F3N3S2/c1-4-6(14-3-15-7(4)16)5-2-13-8(17-5)9(10,11)12/h2-3H,1H3,(H,14,15,16). The highest BCUT2D eigenvalue weighted by atomic mass is 32.1. The van der Waals surface area contributed by atoms with Crippen LogP contribution in [0.4, 0.5) is 13.2 Å². The molecule has 0 spiro atoms. The smallest absolute Gasteiger partial charge is 0.345 e. The van der Waals surface area contributed by atoms with E-state index >= 15 is 0 Å². The minimum Gasteiger partial charge on any atom is -0.345 e. The van der Waals surface area contributed by atoms with Gasteiger partial charge < -0.3 is 4.98 Å². The Bertz CT molecular complexity index is 600. The topological polar surface area (TPSA) is 41.6 Å². The Kier molecular flexibility index (Phi) is 3.00. The summed E-state index contributed by atoms with van der Waals surface area (Å²) in [4.78, 5) is 10.4. The van der Waals surface area contributed by atoms with Gasteiger partial charge in [-0.3, -0.25) is 0 Å². The molecule has 0 bridgehead atoms. The van der Waals surface area contributed by atoms with E-state index in [-0.39, 0.29) is 0 Å². The van der Waals surface area contributed by atoms with Crippen LogP contribution in [-0.4, -0.2) is 15.0 Å². The van der Waals surface area contributed by atoms with E-state index < -0.39 is 11.2 Å². The summed E-state index contributed by atoms with van der Waals surface area (Å²) in [5, 5.41) is -0.872. The minimum atomic E-state index is -4.42. The normalized spacial score (nSPS) is 11.8. The summed E-state index contributed by atoms with van der Waals surface area (Å²) < 4.78 is 37.6. The molecular formula is C9H6F3N3S2. The van der Waals surface area contributed by atoms with Crippen molar-refractivity contribution in [3.63, 3.8) is 0 Å². The number of hydrogen-bond donors (Lipinski definition) is 1. The van der Waals surface area contributed by atoms with Crippen LogP contribution < -0.4 is 0 Å². The number of nitrogens with one attached hydrogen (secondary N) is 1. The Morgan fingerprint density at radius 2 is 2.06 bits per heavy atom. The van der Waals surface area contributed by atoms with Gasteiger partial charge in [0, 0.05) is 11.8 Å². The second kappa shape index (κ2) is 4.19. The molecule has 0 aliphatic carbocycles. The lowest BCUT2D eigenvalue weighted by Gasteiger charge is -2.02. The Labute approximate surface area is 103 Å². The van der Waals surface area contributed by atoms with Gasteiger partial charge in [0.1, 0.15) is 4.64 Å². The van der Waals surface area contributed by atoms with Crippen molar-refractivity contribution in [2.75, 3.05) is 0 Å². The maximum atomic E-state index is 12.4. The lowest BCUT2D eigenvalue weighted by Crippen LogP contribution is -2.02. The molecule has 0 saturated heterocycles. The number of aromatic amines is 1. The summed E-state index contributed by atoms with van der Waals surface area (Å²) >= 11 is 5.53. The molecule has 1 N–H and O–H groups in total. The highest BCUT2D eigenvalue weighted by Crippen LogP contribution is 2.36. The van der Waals surface area contributed by atoms with Gasteiger partial charge in [-0.25, -0.2) is 9.97 Å². The highest BCUT2D eigenvalue weighted by molar-refractivity contribution is 7.71. The molecule has 0 aliphatic rings. The molecule has 0 fully saturated rings. The van der Waals surface area contributed by atoms with E-state index in [1.165, 1.54) is 12.5 Å². The Balaban J connectivity index is 2.52. The van der Waals surface area contributed by atoms with Crippen LogP contribution in [0.5, 0.6) is 0 Å². The second-order valence-electron chi connectivity index (χ2n) is 3.24. The summed E-state index contributed by atoms with van der Waals surface area (Å²) in [6.45, 7) is 1.70. The lowest BCUT2D eigenvalue weighted by atomic mass is 10.2. The maximum Gasteiger partial charge on any atom is 0.443 e. The molecule has 0 radical (unpaired) electrons. The maximum absolute atomic E-state index is 12.4. The van der Waals surface area contributed by atoms with E-state index in [9.17, 15) is 13.2 Å². The van der Waals surface area contributed by atoms with Gasteiger partial charge in [-0.05, 0) is 6.92 Å². The monoisotopic (exact) mass is 277 g/mol. The first-order chi connectivity index (χ1) is 7.89. The summed E-state index contributed by atoms with van der Waals surface area (Å²) in [5.41, 5.74) is 1.16. The van der Waals surface area contributed by atoms with Crippen molar-refractivity contribution in [2.24, 2.45) is 0 Å². The van der Waals surface area contributed by atoms with E-state index in [1.807, 2.05) is 0 Å². The average molecular weight is 277 g/mol. The van der Waals surface area contributed by atoms with Gasteiger partial charge in [0.25, 0.3) is 0 Å². The average Bonchev–Trinajstić information content (AvgIpc) is 2.70. The van der Waals surface area contributed by atoms with E-state index in [2.05, 4.69) is 15.0 Å². The fraction of sp³-hybridized carbons (Fsp3) is 0.222. The summed E-state index contributed by atoms with van der Waals surface area (Å²) in [7, 11) is 0. The fourth-order valence-corrected chi connectivity index (χ4v) is 2.25. The van der Waals surface area contributed by atoms with E-state index in [4.69, 9.17) is 12.2 Å². The zero-order valence-electron chi connectivity index (χ0n) is 8.50. The largest absolute Gasteiger partial charge is 0.443 e. The predicted molar refractivity (Wildman–Crippen MR) is 60.3 cm³/mol. The first kappa shape index (κ1) is 12.2. The third-order valence-corrected chi connectivity index (χ3v) is 3.55. The van der Waals surface area contributed by atoms with Crippen molar-refractivity contribution < 1.29 is 13.2 Å². The van der Waals surface area contributed by atoms with Crippen molar-refractivity contribution in [1.82, 2.24) is 15.0 Å².